The van der Waals surface area contributed by atoms with Gasteiger partial charge in [0, 0.05) is 17.2 Å². The minimum absolute atomic E-state index is 0.252. The summed E-state index contributed by atoms with van der Waals surface area (Å²) in [5.41, 5.74) is 7.00. The topological polar surface area (TPSA) is 58.6 Å². The summed E-state index contributed by atoms with van der Waals surface area (Å²) < 4.78 is 0. The number of rotatable bonds is 6. The van der Waals surface area contributed by atoms with E-state index in [4.69, 9.17) is 22.5 Å². The molecular formula is C13H17ClN2OS. The second kappa shape index (κ2) is 5.85. The lowest BCUT2D eigenvalue weighted by atomic mass is 10.1. The molecule has 1 aliphatic rings. The van der Waals surface area contributed by atoms with E-state index in [1.165, 1.54) is 18.4 Å². The molecule has 18 heavy (non-hydrogen) atoms. The molecule has 0 aliphatic heterocycles. The molecule has 0 amide bonds. The molecule has 1 fully saturated rings. The molecule has 1 aromatic rings. The maximum absolute atomic E-state index is 8.60. The van der Waals surface area contributed by atoms with Crippen LogP contribution in [0.1, 0.15) is 24.8 Å². The standard InChI is InChI=1S/C13H17ClN2OS/c14-11-4-2-1-3-10(11)8-18-9-13(5-6-13)7-12(15)16-17/h1-4,17H,5-9H2,(H2,15,16). The van der Waals surface area contributed by atoms with Gasteiger partial charge in [-0.1, -0.05) is 35.0 Å². The summed E-state index contributed by atoms with van der Waals surface area (Å²) in [6.07, 6.45) is 3.02. The molecule has 2 rings (SSSR count). The zero-order valence-electron chi connectivity index (χ0n) is 10.1. The summed E-state index contributed by atoms with van der Waals surface area (Å²) >= 11 is 7.98. The van der Waals surface area contributed by atoms with Crippen LogP contribution in [0.2, 0.25) is 5.02 Å². The van der Waals surface area contributed by atoms with Gasteiger partial charge in [0.2, 0.25) is 0 Å². The molecular weight excluding hydrogens is 268 g/mol. The quantitative estimate of drug-likeness (QED) is 0.364. The van der Waals surface area contributed by atoms with Crippen molar-refractivity contribution in [2.75, 3.05) is 5.75 Å². The van der Waals surface area contributed by atoms with Crippen LogP contribution in [0.5, 0.6) is 0 Å². The van der Waals surface area contributed by atoms with Gasteiger partial charge >= 0.3 is 0 Å². The first-order valence-electron chi connectivity index (χ1n) is 5.93. The van der Waals surface area contributed by atoms with E-state index in [1.807, 2.05) is 30.0 Å². The van der Waals surface area contributed by atoms with Crippen molar-refractivity contribution < 1.29 is 5.21 Å². The number of benzene rings is 1. The molecule has 1 aromatic carbocycles. The van der Waals surface area contributed by atoms with Gasteiger partial charge in [0.05, 0.1) is 0 Å². The molecule has 1 aliphatic carbocycles. The fourth-order valence-corrected chi connectivity index (χ4v) is 3.64. The van der Waals surface area contributed by atoms with Crippen LogP contribution in [0.25, 0.3) is 0 Å². The Bertz CT molecular complexity index is 446. The van der Waals surface area contributed by atoms with Crippen LogP contribution in [-0.4, -0.2) is 16.8 Å². The number of hydrogen-bond donors (Lipinski definition) is 2. The van der Waals surface area contributed by atoms with Crippen molar-refractivity contribution in [2.45, 2.75) is 25.0 Å². The highest BCUT2D eigenvalue weighted by atomic mass is 35.5. The predicted molar refractivity (Wildman–Crippen MR) is 77.3 cm³/mol. The molecule has 5 heteroatoms. The molecule has 0 radical (unpaired) electrons. The average molecular weight is 285 g/mol. The number of halogens is 1. The lowest BCUT2D eigenvalue weighted by Gasteiger charge is -2.13. The molecule has 98 valence electrons. The molecule has 0 saturated heterocycles. The van der Waals surface area contributed by atoms with E-state index in [2.05, 4.69) is 11.2 Å². The molecule has 3 N–H and O–H groups in total. The smallest absolute Gasteiger partial charge is 0.139 e. The third-order valence-electron chi connectivity index (χ3n) is 3.27. The Hall–Kier alpha value is -0.870. The Morgan fingerprint density at radius 2 is 2.17 bits per heavy atom. The normalized spacial score (nSPS) is 17.7. The van der Waals surface area contributed by atoms with Crippen LogP contribution in [-0.2, 0) is 5.75 Å². The summed E-state index contributed by atoms with van der Waals surface area (Å²) in [5.74, 6) is 2.29. The number of nitrogens with two attached hydrogens (primary N) is 1. The zero-order chi connectivity index (χ0) is 13.0. The lowest BCUT2D eigenvalue weighted by molar-refractivity contribution is 0.315. The Balaban J connectivity index is 1.81. The zero-order valence-corrected chi connectivity index (χ0v) is 11.7. The molecule has 0 bridgehead atoms. The van der Waals surface area contributed by atoms with Crippen LogP contribution in [0, 0.1) is 5.41 Å². The first kappa shape index (κ1) is 13.6. The highest BCUT2D eigenvalue weighted by Gasteiger charge is 2.42. The van der Waals surface area contributed by atoms with E-state index in [-0.39, 0.29) is 5.41 Å². The molecule has 0 spiro atoms. The number of nitrogens with zero attached hydrogens (tertiary/aromatic N) is 1. The van der Waals surface area contributed by atoms with E-state index in [9.17, 15) is 0 Å². The van der Waals surface area contributed by atoms with Gasteiger partial charge in [-0.05, 0) is 35.6 Å². The van der Waals surface area contributed by atoms with Gasteiger partial charge in [-0.3, -0.25) is 0 Å². The van der Waals surface area contributed by atoms with E-state index in [1.54, 1.807) is 0 Å². The Morgan fingerprint density at radius 3 is 2.78 bits per heavy atom. The summed E-state index contributed by atoms with van der Waals surface area (Å²) in [6.45, 7) is 0. The van der Waals surface area contributed by atoms with Crippen LogP contribution in [0.3, 0.4) is 0 Å². The van der Waals surface area contributed by atoms with Crippen molar-refractivity contribution in [2.24, 2.45) is 16.3 Å². The minimum atomic E-state index is 0.252. The van der Waals surface area contributed by atoms with Crippen LogP contribution in [0.4, 0.5) is 0 Å². The Kier molecular flexibility index (Phi) is 4.40. The van der Waals surface area contributed by atoms with Crippen molar-refractivity contribution in [3.8, 4) is 0 Å². The van der Waals surface area contributed by atoms with Crippen LogP contribution in [0.15, 0.2) is 29.4 Å². The largest absolute Gasteiger partial charge is 0.409 e. The maximum Gasteiger partial charge on any atom is 0.139 e. The van der Waals surface area contributed by atoms with Crippen molar-refractivity contribution in [3.05, 3.63) is 34.9 Å². The molecule has 3 nitrogen and oxygen atoms in total. The lowest BCUT2D eigenvalue weighted by Crippen LogP contribution is -2.19. The third-order valence-corrected chi connectivity index (χ3v) is 4.97. The second-order valence-electron chi connectivity index (χ2n) is 4.85. The van der Waals surface area contributed by atoms with E-state index < -0.39 is 0 Å². The van der Waals surface area contributed by atoms with Gasteiger partial charge < -0.3 is 10.9 Å². The van der Waals surface area contributed by atoms with Crippen LogP contribution < -0.4 is 5.73 Å². The molecule has 0 aromatic heterocycles. The van der Waals surface area contributed by atoms with Gasteiger partial charge in [-0.25, -0.2) is 0 Å². The van der Waals surface area contributed by atoms with Gasteiger partial charge in [0.25, 0.3) is 0 Å². The number of thioether (sulfide) groups is 1. The summed E-state index contributed by atoms with van der Waals surface area (Å²) in [5, 5.41) is 12.5. The Morgan fingerprint density at radius 1 is 1.44 bits per heavy atom. The van der Waals surface area contributed by atoms with E-state index in [0.29, 0.717) is 12.3 Å². The van der Waals surface area contributed by atoms with E-state index in [0.717, 1.165) is 16.5 Å². The van der Waals surface area contributed by atoms with Crippen molar-refractivity contribution in [3.63, 3.8) is 0 Å². The Labute approximate surface area is 116 Å². The summed E-state index contributed by atoms with van der Waals surface area (Å²) in [7, 11) is 0. The third kappa shape index (κ3) is 3.56. The first-order chi connectivity index (χ1) is 8.65. The number of hydrogen-bond acceptors (Lipinski definition) is 3. The number of amidine groups is 1. The highest BCUT2D eigenvalue weighted by molar-refractivity contribution is 7.98. The van der Waals surface area contributed by atoms with Crippen molar-refractivity contribution in [1.29, 1.82) is 0 Å². The van der Waals surface area contributed by atoms with Crippen LogP contribution >= 0.6 is 23.4 Å². The maximum atomic E-state index is 8.60. The second-order valence-corrected chi connectivity index (χ2v) is 6.25. The number of oxime groups is 1. The van der Waals surface area contributed by atoms with Gasteiger partial charge in [0.15, 0.2) is 0 Å². The summed E-state index contributed by atoms with van der Waals surface area (Å²) in [4.78, 5) is 0. The monoisotopic (exact) mass is 284 g/mol. The van der Waals surface area contributed by atoms with E-state index >= 15 is 0 Å². The molecule has 1 saturated carbocycles. The van der Waals surface area contributed by atoms with Crippen molar-refractivity contribution in [1.82, 2.24) is 0 Å². The fraction of sp³-hybridized carbons (Fsp3) is 0.462. The van der Waals surface area contributed by atoms with Gasteiger partial charge in [-0.15, -0.1) is 0 Å². The fourth-order valence-electron chi connectivity index (χ4n) is 1.96. The van der Waals surface area contributed by atoms with Gasteiger partial charge in [-0.2, -0.15) is 11.8 Å². The molecule has 0 heterocycles. The van der Waals surface area contributed by atoms with Crippen molar-refractivity contribution >= 4 is 29.2 Å². The molecule has 0 atom stereocenters. The highest BCUT2D eigenvalue weighted by Crippen LogP contribution is 2.51. The summed E-state index contributed by atoms with van der Waals surface area (Å²) in [6, 6.07) is 7.92. The minimum Gasteiger partial charge on any atom is -0.409 e. The predicted octanol–water partition coefficient (Wildman–Crippen LogP) is 3.49. The average Bonchev–Trinajstić information content (AvgIpc) is 3.11. The SMILES string of the molecule is N/C(CC1(CSCc2ccccc2Cl)CC1)=N/O. The van der Waals surface area contributed by atoms with Gasteiger partial charge in [0.1, 0.15) is 5.84 Å². The first-order valence-corrected chi connectivity index (χ1v) is 7.46. The molecule has 0 unspecified atom stereocenters.